The molecule has 0 aliphatic heterocycles. The van der Waals surface area contributed by atoms with Crippen molar-refractivity contribution < 1.29 is 23.9 Å². The van der Waals surface area contributed by atoms with Crippen LogP contribution in [0.2, 0.25) is 0 Å². The number of carbonyl (C=O) groups excluding carboxylic acids is 3. The van der Waals surface area contributed by atoms with Crippen molar-refractivity contribution in [2.75, 3.05) is 0 Å². The zero-order valence-corrected chi connectivity index (χ0v) is 15.4. The molecule has 0 bridgehead atoms. The Morgan fingerprint density at radius 2 is 1.92 bits per heavy atom. The van der Waals surface area contributed by atoms with Gasteiger partial charge < -0.3 is 9.47 Å². The Kier molecular flexibility index (Phi) is 6.15. The number of Topliss-reactive ketones (excluding diaryl/α,β-unsaturated/α-hetero) is 1. The first kappa shape index (κ1) is 18.6. The molecule has 2 rings (SSSR count). The van der Waals surface area contributed by atoms with Crippen LogP contribution in [0.5, 0.6) is 5.75 Å². The monoisotopic (exact) mass is 396 g/mol. The highest BCUT2D eigenvalue weighted by Gasteiger charge is 2.43. The molecule has 1 aromatic carbocycles. The largest absolute Gasteiger partial charge is 0.460 e. The second kappa shape index (κ2) is 7.92. The van der Waals surface area contributed by atoms with Gasteiger partial charge in [0.1, 0.15) is 28.4 Å². The minimum Gasteiger partial charge on any atom is -0.460 e. The molecule has 0 radical (unpaired) electrons. The number of benzene rings is 1. The molecule has 0 heterocycles. The van der Waals surface area contributed by atoms with E-state index in [1.54, 1.807) is 38.1 Å². The number of alkyl halides is 1. The van der Waals surface area contributed by atoms with Crippen LogP contribution in [0, 0.1) is 5.41 Å². The van der Waals surface area contributed by atoms with E-state index >= 15 is 0 Å². The van der Waals surface area contributed by atoms with Crippen molar-refractivity contribution in [1.82, 2.24) is 0 Å². The Morgan fingerprint density at radius 1 is 1.25 bits per heavy atom. The fourth-order valence-corrected chi connectivity index (χ4v) is 2.67. The van der Waals surface area contributed by atoms with Gasteiger partial charge in [0.05, 0.1) is 0 Å². The molecule has 2 unspecified atom stereocenters. The van der Waals surface area contributed by atoms with Crippen LogP contribution in [0.25, 0.3) is 0 Å². The molecule has 0 aromatic heterocycles. The van der Waals surface area contributed by atoms with Crippen molar-refractivity contribution in [3.8, 4) is 5.75 Å². The van der Waals surface area contributed by atoms with E-state index in [0.29, 0.717) is 18.6 Å². The third-order valence-corrected chi connectivity index (χ3v) is 4.61. The number of rotatable bonds is 5. The maximum absolute atomic E-state index is 12.4. The molecule has 2 atom stereocenters. The summed E-state index contributed by atoms with van der Waals surface area (Å²) in [7, 11) is 0. The van der Waals surface area contributed by atoms with Crippen molar-refractivity contribution in [2.24, 2.45) is 5.41 Å². The van der Waals surface area contributed by atoms with E-state index in [0.717, 1.165) is 18.4 Å². The van der Waals surface area contributed by atoms with E-state index in [4.69, 9.17) is 9.47 Å². The molecule has 0 saturated heterocycles. The maximum Gasteiger partial charge on any atom is 0.324 e. The van der Waals surface area contributed by atoms with Gasteiger partial charge in [0, 0.05) is 6.42 Å². The van der Waals surface area contributed by atoms with Crippen LogP contribution in [0.15, 0.2) is 24.3 Å². The van der Waals surface area contributed by atoms with Crippen LogP contribution in [0.1, 0.15) is 45.1 Å². The number of ether oxygens (including phenoxy) is 2. The zero-order valence-electron chi connectivity index (χ0n) is 13.8. The molecule has 0 spiro atoms. The van der Waals surface area contributed by atoms with Crippen molar-refractivity contribution in [1.29, 1.82) is 0 Å². The van der Waals surface area contributed by atoms with Gasteiger partial charge in [0.2, 0.25) is 0 Å². The van der Waals surface area contributed by atoms with E-state index in [1.807, 2.05) is 0 Å². The van der Waals surface area contributed by atoms with Crippen LogP contribution in [0.4, 0.5) is 0 Å². The number of ketones is 1. The summed E-state index contributed by atoms with van der Waals surface area (Å²) in [5.41, 5.74) is -0.255. The van der Waals surface area contributed by atoms with Gasteiger partial charge in [-0.05, 0) is 44.4 Å². The Hall–Kier alpha value is -1.69. The van der Waals surface area contributed by atoms with E-state index in [2.05, 4.69) is 15.9 Å². The summed E-state index contributed by atoms with van der Waals surface area (Å²) in [6.07, 6.45) is 2.65. The molecule has 5 nitrogen and oxygen atoms in total. The van der Waals surface area contributed by atoms with Gasteiger partial charge in [-0.25, -0.2) is 0 Å². The summed E-state index contributed by atoms with van der Waals surface area (Å²) in [4.78, 5) is 35.5. The Labute approximate surface area is 149 Å². The molecule has 130 valence electrons. The van der Waals surface area contributed by atoms with Crippen LogP contribution in [-0.2, 0) is 25.7 Å². The first-order valence-corrected chi connectivity index (χ1v) is 8.90. The lowest BCUT2D eigenvalue weighted by Gasteiger charge is -2.29. The van der Waals surface area contributed by atoms with Crippen LogP contribution in [-0.4, -0.2) is 22.5 Å². The lowest BCUT2D eigenvalue weighted by Crippen LogP contribution is -2.41. The Balaban J connectivity index is 1.95. The highest BCUT2D eigenvalue weighted by molar-refractivity contribution is 9.10. The molecule has 0 amide bonds. The summed E-state index contributed by atoms with van der Waals surface area (Å²) in [6.45, 7) is 3.50. The summed E-state index contributed by atoms with van der Waals surface area (Å²) >= 11 is 3.14. The fourth-order valence-electron chi connectivity index (χ4n) is 2.54. The average molecular weight is 397 g/mol. The Bertz CT molecular complexity index is 623. The summed E-state index contributed by atoms with van der Waals surface area (Å²) in [6, 6.07) is 6.71. The van der Waals surface area contributed by atoms with Crippen LogP contribution in [0.3, 0.4) is 0 Å². The van der Waals surface area contributed by atoms with Crippen molar-refractivity contribution in [2.45, 2.75) is 51.0 Å². The van der Waals surface area contributed by atoms with Crippen molar-refractivity contribution in [3.05, 3.63) is 29.8 Å². The summed E-state index contributed by atoms with van der Waals surface area (Å²) in [5.74, 6) is -0.511. The normalized spacial score (nSPS) is 21.9. The quantitative estimate of drug-likeness (QED) is 0.329. The van der Waals surface area contributed by atoms with Gasteiger partial charge >= 0.3 is 11.9 Å². The number of esters is 2. The average Bonchev–Trinajstić information content (AvgIpc) is 2.56. The molecule has 24 heavy (non-hydrogen) atoms. The van der Waals surface area contributed by atoms with Gasteiger partial charge in [-0.3, -0.25) is 14.4 Å². The van der Waals surface area contributed by atoms with Gasteiger partial charge in [-0.1, -0.05) is 34.5 Å². The smallest absolute Gasteiger partial charge is 0.324 e. The van der Waals surface area contributed by atoms with Crippen LogP contribution < -0.4 is 4.74 Å². The lowest BCUT2D eigenvalue weighted by molar-refractivity contribution is -0.153. The topological polar surface area (TPSA) is 69.7 Å². The Morgan fingerprint density at radius 3 is 2.50 bits per heavy atom. The number of hydrogen-bond acceptors (Lipinski definition) is 5. The zero-order chi connectivity index (χ0) is 17.7. The molecular weight excluding hydrogens is 376 g/mol. The molecule has 1 aliphatic rings. The number of halogens is 1. The molecular formula is C18H21BrO5. The van der Waals surface area contributed by atoms with E-state index in [9.17, 15) is 14.4 Å². The van der Waals surface area contributed by atoms with E-state index in [1.165, 1.54) is 0 Å². The molecule has 6 heteroatoms. The van der Waals surface area contributed by atoms with Gasteiger partial charge in [0.15, 0.2) is 0 Å². The highest BCUT2D eigenvalue weighted by Crippen LogP contribution is 2.34. The molecule has 1 fully saturated rings. The molecule has 1 saturated carbocycles. The number of hydrogen-bond donors (Lipinski definition) is 0. The van der Waals surface area contributed by atoms with Crippen LogP contribution >= 0.6 is 15.9 Å². The van der Waals surface area contributed by atoms with Gasteiger partial charge in [-0.2, -0.15) is 0 Å². The summed E-state index contributed by atoms with van der Waals surface area (Å²) in [5, 5.41) is 0. The predicted octanol–water partition coefficient (Wildman–Crippen LogP) is 3.57. The third-order valence-electron chi connectivity index (χ3n) is 4.24. The lowest BCUT2D eigenvalue weighted by atomic mass is 9.74. The first-order valence-electron chi connectivity index (χ1n) is 7.98. The van der Waals surface area contributed by atoms with E-state index < -0.39 is 11.4 Å². The SMILES string of the molecule is CC(Br)C(=O)OCc1ccc(OC(=O)C2(C)CCCCC2=O)cc1. The first-order chi connectivity index (χ1) is 11.3. The van der Waals surface area contributed by atoms with E-state index in [-0.39, 0.29) is 23.2 Å². The minimum atomic E-state index is -1.04. The second-order valence-electron chi connectivity index (χ2n) is 6.22. The van der Waals surface area contributed by atoms with Gasteiger partial charge in [0.25, 0.3) is 0 Å². The summed E-state index contributed by atoms with van der Waals surface area (Å²) < 4.78 is 10.5. The third kappa shape index (κ3) is 4.44. The second-order valence-corrected chi connectivity index (χ2v) is 7.59. The van der Waals surface area contributed by atoms with Crippen molar-refractivity contribution >= 4 is 33.7 Å². The minimum absolute atomic E-state index is 0.0498. The standard InChI is InChI=1S/C18H21BrO5/c1-12(19)16(21)23-11-13-6-8-14(9-7-13)24-17(22)18(2)10-4-3-5-15(18)20/h6-9,12H,3-5,10-11H2,1-2H3. The predicted molar refractivity (Wildman–Crippen MR) is 91.8 cm³/mol. The number of carbonyl (C=O) groups is 3. The molecule has 0 N–H and O–H groups in total. The molecule has 1 aromatic rings. The molecule has 1 aliphatic carbocycles. The van der Waals surface area contributed by atoms with Gasteiger partial charge in [-0.15, -0.1) is 0 Å². The highest BCUT2D eigenvalue weighted by atomic mass is 79.9. The fraction of sp³-hybridized carbons (Fsp3) is 0.500. The maximum atomic E-state index is 12.4. The van der Waals surface area contributed by atoms with Crippen molar-refractivity contribution in [3.63, 3.8) is 0 Å².